The second kappa shape index (κ2) is 16.1. The number of carbonyl (C=O) groups excluding carboxylic acids is 1. The van der Waals surface area contributed by atoms with Crippen LogP contribution in [0, 0.1) is 0 Å². The number of alkyl halides is 1. The van der Waals surface area contributed by atoms with E-state index < -0.39 is 56.6 Å². The normalized spacial score (nSPS) is 15.0. The monoisotopic (exact) mass is 547 g/mol. The van der Waals surface area contributed by atoms with E-state index in [0.717, 1.165) is 17.7 Å². The van der Waals surface area contributed by atoms with Crippen molar-refractivity contribution in [2.45, 2.75) is 58.6 Å². The first kappa shape index (κ1) is 32.2. The molecule has 1 unspecified atom stereocenters. The summed E-state index contributed by atoms with van der Waals surface area (Å²) in [7, 11) is -3.17. The van der Waals surface area contributed by atoms with Crippen LogP contribution in [0.1, 0.15) is 40.3 Å². The van der Waals surface area contributed by atoms with Gasteiger partial charge in [-0.3, -0.25) is 28.1 Å². The second-order valence-electron chi connectivity index (χ2n) is 7.89. The van der Waals surface area contributed by atoms with Crippen molar-refractivity contribution in [2.75, 3.05) is 20.4 Å². The predicted molar refractivity (Wildman–Crippen MR) is 134 cm³/mol. The third kappa shape index (κ3) is 11.4. The van der Waals surface area contributed by atoms with Crippen LogP contribution in [-0.4, -0.2) is 59.3 Å². The van der Waals surface area contributed by atoms with Crippen LogP contribution < -0.4 is 20.9 Å². The standard InChI is InChI=1S/C22H31FN3O8P.CH4O/c1-15(2)32-21(28)16(3)25-35(30,34-18-8-6-5-7-9-18)31-14-19(10-12-23)33-17(4)26-13-11-20(27)24-22(26)29;1-2/h5-9,11,13,15-17,19H,10,12,14H2,1-4H3,(H,25,30)(H,24,27,29);2H,1H3/t16-,17+,19-,35?;/m0./s1. The number of rotatable bonds is 14. The summed E-state index contributed by atoms with van der Waals surface area (Å²) >= 11 is 0. The number of halogens is 1. The number of esters is 1. The van der Waals surface area contributed by atoms with Gasteiger partial charge in [-0.25, -0.2) is 9.36 Å². The Morgan fingerprint density at radius 2 is 1.78 bits per heavy atom. The number of para-hydroxylation sites is 1. The molecule has 0 bridgehead atoms. The summed E-state index contributed by atoms with van der Waals surface area (Å²) in [5, 5.41) is 9.54. The van der Waals surface area contributed by atoms with Gasteiger partial charge in [-0.1, -0.05) is 18.2 Å². The quantitative estimate of drug-likeness (QED) is 0.237. The summed E-state index contributed by atoms with van der Waals surface area (Å²) in [6.07, 6.45) is -1.13. The SMILES string of the molecule is CC(C)OC(=O)[C@H](C)NP(=O)(OC[C@H](CCF)O[C@H](C)n1ccc(=O)[nH]c1=O)Oc1ccccc1.CO. The number of aromatic nitrogens is 2. The number of aliphatic hydroxyl groups is 1. The first-order chi connectivity index (χ1) is 17.5. The van der Waals surface area contributed by atoms with Crippen LogP contribution in [0.5, 0.6) is 5.75 Å². The number of aliphatic hydroxyl groups excluding tert-OH is 1. The topological polar surface area (TPSA) is 158 Å². The average Bonchev–Trinajstić information content (AvgIpc) is 2.84. The molecule has 0 spiro atoms. The van der Waals surface area contributed by atoms with Gasteiger partial charge in [-0.2, -0.15) is 5.09 Å². The number of nitrogens with one attached hydrogen (secondary N) is 2. The molecule has 2 aromatic rings. The minimum absolute atomic E-state index is 0.140. The van der Waals surface area contributed by atoms with E-state index in [9.17, 15) is 23.3 Å². The number of ether oxygens (including phenoxy) is 2. The van der Waals surface area contributed by atoms with E-state index in [1.807, 2.05) is 0 Å². The van der Waals surface area contributed by atoms with Crippen LogP contribution in [0.4, 0.5) is 4.39 Å². The molecule has 2 rings (SSSR count). The zero-order valence-corrected chi connectivity index (χ0v) is 22.4. The van der Waals surface area contributed by atoms with Crippen LogP contribution >= 0.6 is 7.75 Å². The highest BCUT2D eigenvalue weighted by Crippen LogP contribution is 2.45. The zero-order chi connectivity index (χ0) is 28.0. The number of aromatic amines is 1. The lowest BCUT2D eigenvalue weighted by Crippen LogP contribution is -2.37. The van der Waals surface area contributed by atoms with Gasteiger partial charge in [0.1, 0.15) is 18.0 Å². The van der Waals surface area contributed by atoms with Crippen molar-refractivity contribution in [1.29, 1.82) is 0 Å². The number of carbonyl (C=O) groups is 1. The molecule has 0 aliphatic carbocycles. The third-order valence-corrected chi connectivity index (χ3v) is 6.16. The van der Waals surface area contributed by atoms with E-state index in [-0.39, 0.29) is 18.3 Å². The first-order valence-electron chi connectivity index (χ1n) is 11.5. The minimum atomic E-state index is -4.17. The van der Waals surface area contributed by atoms with Gasteiger partial charge < -0.3 is 19.1 Å². The van der Waals surface area contributed by atoms with E-state index in [4.69, 9.17) is 23.6 Å². The highest BCUT2D eigenvalue weighted by molar-refractivity contribution is 7.52. The Morgan fingerprint density at radius 3 is 2.35 bits per heavy atom. The summed E-state index contributed by atoms with van der Waals surface area (Å²) in [6, 6.07) is 8.25. The maximum atomic E-state index is 13.5. The molecule has 0 saturated carbocycles. The van der Waals surface area contributed by atoms with Gasteiger partial charge in [0.05, 0.1) is 25.5 Å². The number of nitrogens with zero attached hydrogens (tertiary/aromatic N) is 1. The van der Waals surface area contributed by atoms with E-state index in [0.29, 0.717) is 0 Å². The van der Waals surface area contributed by atoms with Crippen molar-refractivity contribution < 1.29 is 37.4 Å². The van der Waals surface area contributed by atoms with Crippen LogP contribution in [-0.2, 0) is 23.4 Å². The smallest absolute Gasteiger partial charge is 0.459 e. The molecular formula is C23H35FN3O9P. The van der Waals surface area contributed by atoms with Crippen LogP contribution in [0.25, 0.3) is 0 Å². The molecular weight excluding hydrogens is 512 g/mol. The number of hydrogen-bond donors (Lipinski definition) is 3. The second-order valence-corrected chi connectivity index (χ2v) is 9.58. The van der Waals surface area contributed by atoms with Crippen molar-refractivity contribution in [3.05, 3.63) is 63.4 Å². The van der Waals surface area contributed by atoms with Gasteiger partial charge >= 0.3 is 19.4 Å². The molecule has 14 heteroatoms. The van der Waals surface area contributed by atoms with E-state index in [1.165, 1.54) is 20.0 Å². The van der Waals surface area contributed by atoms with Gasteiger partial charge in [0.25, 0.3) is 5.56 Å². The number of benzene rings is 1. The summed E-state index contributed by atoms with van der Waals surface area (Å²) in [5.41, 5.74) is -1.28. The zero-order valence-electron chi connectivity index (χ0n) is 21.5. The summed E-state index contributed by atoms with van der Waals surface area (Å²) in [5.74, 6) is -0.452. The first-order valence-corrected chi connectivity index (χ1v) is 13.0. The van der Waals surface area contributed by atoms with Crippen LogP contribution in [0.3, 0.4) is 0 Å². The summed E-state index contributed by atoms with van der Waals surface area (Å²) in [4.78, 5) is 37.6. The Labute approximate surface area is 214 Å². The minimum Gasteiger partial charge on any atom is -0.462 e. The molecule has 0 amide bonds. The molecule has 1 aromatic carbocycles. The molecule has 0 aliphatic heterocycles. The maximum absolute atomic E-state index is 13.5. The van der Waals surface area contributed by atoms with Crippen molar-refractivity contribution in [1.82, 2.24) is 14.6 Å². The maximum Gasteiger partial charge on any atom is 0.459 e. The van der Waals surface area contributed by atoms with Crippen molar-refractivity contribution >= 4 is 13.7 Å². The third-order valence-electron chi connectivity index (χ3n) is 4.52. The van der Waals surface area contributed by atoms with E-state index in [2.05, 4.69) is 10.1 Å². The lowest BCUT2D eigenvalue weighted by Gasteiger charge is -2.27. The molecule has 1 aromatic heterocycles. The Balaban J connectivity index is 0.00000334. The summed E-state index contributed by atoms with van der Waals surface area (Å²) < 4.78 is 49.8. The van der Waals surface area contributed by atoms with Gasteiger partial charge in [0.2, 0.25) is 0 Å². The summed E-state index contributed by atoms with van der Waals surface area (Å²) in [6.45, 7) is 5.14. The largest absolute Gasteiger partial charge is 0.462 e. The molecule has 0 aliphatic rings. The number of H-pyrrole nitrogens is 1. The molecule has 3 N–H and O–H groups in total. The molecule has 1 heterocycles. The molecule has 12 nitrogen and oxygen atoms in total. The molecule has 0 saturated heterocycles. The molecule has 208 valence electrons. The van der Waals surface area contributed by atoms with Crippen molar-refractivity contribution in [2.24, 2.45) is 0 Å². The Hall–Kier alpha value is -2.83. The Kier molecular flexibility index (Phi) is 14.0. The Morgan fingerprint density at radius 1 is 1.14 bits per heavy atom. The lowest BCUT2D eigenvalue weighted by molar-refractivity contribution is -0.149. The van der Waals surface area contributed by atoms with E-state index in [1.54, 1.807) is 44.2 Å². The highest BCUT2D eigenvalue weighted by Gasteiger charge is 2.34. The molecule has 0 fully saturated rings. The van der Waals surface area contributed by atoms with Gasteiger partial charge in [-0.05, 0) is 39.8 Å². The van der Waals surface area contributed by atoms with Crippen LogP contribution in [0.2, 0.25) is 0 Å². The molecule has 37 heavy (non-hydrogen) atoms. The van der Waals surface area contributed by atoms with Gasteiger partial charge in [-0.15, -0.1) is 0 Å². The fourth-order valence-electron chi connectivity index (χ4n) is 2.89. The Bertz CT molecular complexity index is 1110. The van der Waals surface area contributed by atoms with Crippen LogP contribution in [0.15, 0.2) is 52.2 Å². The average molecular weight is 548 g/mol. The fourth-order valence-corrected chi connectivity index (χ4v) is 4.41. The van der Waals surface area contributed by atoms with Crippen molar-refractivity contribution in [3.8, 4) is 5.75 Å². The molecule has 4 atom stereocenters. The van der Waals surface area contributed by atoms with Gasteiger partial charge in [0.15, 0.2) is 0 Å². The fraction of sp³-hybridized carbons (Fsp3) is 0.522. The van der Waals surface area contributed by atoms with E-state index >= 15 is 0 Å². The van der Waals surface area contributed by atoms with Gasteiger partial charge in [0, 0.05) is 25.8 Å². The molecule has 0 radical (unpaired) electrons. The number of hydrogen-bond acceptors (Lipinski definition) is 9. The predicted octanol–water partition coefficient (Wildman–Crippen LogP) is 2.54. The highest BCUT2D eigenvalue weighted by atomic mass is 31.2. The lowest BCUT2D eigenvalue weighted by atomic mass is 10.3. The van der Waals surface area contributed by atoms with Crippen molar-refractivity contribution in [3.63, 3.8) is 0 Å².